The monoisotopic (exact) mass is 429 g/mol. The number of aliphatic hydroxyl groups is 2. The third-order valence-corrected chi connectivity index (χ3v) is 6.42. The fourth-order valence-corrected chi connectivity index (χ4v) is 4.20. The van der Waals surface area contributed by atoms with Crippen molar-refractivity contribution in [2.45, 2.75) is 51.4 Å². The van der Waals surface area contributed by atoms with E-state index in [1.54, 1.807) is 6.20 Å². The lowest BCUT2D eigenvalue weighted by atomic mass is 10.1. The molecule has 28 heavy (non-hydrogen) atoms. The van der Waals surface area contributed by atoms with Crippen molar-refractivity contribution in [1.29, 1.82) is 0 Å². The van der Waals surface area contributed by atoms with E-state index in [1.807, 2.05) is 19.9 Å². The predicted octanol–water partition coefficient (Wildman–Crippen LogP) is 1.68. The average Bonchev–Trinajstić information content (AvgIpc) is 2.86. The largest absolute Gasteiger partial charge is 0.388 e. The molecule has 9 heteroatoms. The summed E-state index contributed by atoms with van der Waals surface area (Å²) >= 11 is 5.26. The van der Waals surface area contributed by atoms with Crippen LogP contribution in [0.2, 0.25) is 0 Å². The normalized spacial score (nSPS) is 25.1. The van der Waals surface area contributed by atoms with Crippen LogP contribution in [0.1, 0.15) is 32.1 Å². The summed E-state index contributed by atoms with van der Waals surface area (Å²) in [5, 5.41) is 24.1. The Morgan fingerprint density at radius 1 is 1.43 bits per heavy atom. The van der Waals surface area contributed by atoms with Gasteiger partial charge in [-0.2, -0.15) is 0 Å². The molecule has 0 aromatic carbocycles. The molecule has 1 saturated heterocycles. The Kier molecular flexibility index (Phi) is 8.02. The van der Waals surface area contributed by atoms with E-state index < -0.39 is 31.4 Å². The highest BCUT2D eigenvalue weighted by Crippen LogP contribution is 2.39. The van der Waals surface area contributed by atoms with Gasteiger partial charge in [0.2, 0.25) is 0 Å². The summed E-state index contributed by atoms with van der Waals surface area (Å²) in [7, 11) is 0. The quantitative estimate of drug-likeness (QED) is 0.217. The number of hydrogen-bond donors (Lipinski definition) is 4. The molecular formula is C19H32N3O4PS. The molecule has 1 fully saturated rings. The molecule has 0 saturated carbocycles. The molecule has 2 unspecified atom stereocenters. The first kappa shape index (κ1) is 23.3. The van der Waals surface area contributed by atoms with Gasteiger partial charge in [0.1, 0.15) is 12.2 Å². The van der Waals surface area contributed by atoms with Gasteiger partial charge in [-0.1, -0.05) is 11.6 Å². The van der Waals surface area contributed by atoms with Crippen LogP contribution in [0.15, 0.2) is 22.6 Å². The van der Waals surface area contributed by atoms with Gasteiger partial charge in [0.05, 0.1) is 6.10 Å². The van der Waals surface area contributed by atoms with E-state index in [2.05, 4.69) is 29.9 Å². The van der Waals surface area contributed by atoms with Crippen LogP contribution in [0.4, 0.5) is 0 Å². The van der Waals surface area contributed by atoms with Gasteiger partial charge in [-0.15, -0.1) is 13.2 Å². The lowest BCUT2D eigenvalue weighted by Crippen LogP contribution is -2.33. The van der Waals surface area contributed by atoms with Gasteiger partial charge < -0.3 is 20.3 Å². The predicted molar refractivity (Wildman–Crippen MR) is 118 cm³/mol. The number of aromatic nitrogens is 2. The molecule has 0 amide bonds. The number of aromatic amines is 1. The van der Waals surface area contributed by atoms with Gasteiger partial charge in [0.15, 0.2) is 11.0 Å². The Hall–Kier alpha value is -1.02. The van der Waals surface area contributed by atoms with Crippen LogP contribution in [0.3, 0.4) is 0 Å². The van der Waals surface area contributed by atoms with Crippen molar-refractivity contribution in [3.8, 4) is 0 Å². The van der Waals surface area contributed by atoms with Crippen molar-refractivity contribution in [3.63, 3.8) is 0 Å². The van der Waals surface area contributed by atoms with E-state index in [4.69, 9.17) is 17.0 Å². The van der Waals surface area contributed by atoms with Crippen LogP contribution in [0.25, 0.3) is 0 Å². The molecule has 1 aliphatic heterocycles. The Morgan fingerprint density at radius 2 is 2.11 bits per heavy atom. The zero-order valence-electron chi connectivity index (χ0n) is 17.0. The van der Waals surface area contributed by atoms with E-state index in [0.717, 1.165) is 6.16 Å². The van der Waals surface area contributed by atoms with Gasteiger partial charge in [0.25, 0.3) is 5.56 Å². The summed E-state index contributed by atoms with van der Waals surface area (Å²) in [6.45, 7) is 7.98. The van der Waals surface area contributed by atoms with Crippen molar-refractivity contribution >= 4 is 25.4 Å². The first-order valence-corrected chi connectivity index (χ1v) is 12.8. The number of nitrogens with one attached hydrogen (secondary N) is 2. The third kappa shape index (κ3) is 6.24. The summed E-state index contributed by atoms with van der Waals surface area (Å²) in [6.07, 6.45) is 5.80. The number of ether oxygens (including phenoxy) is 1. The summed E-state index contributed by atoms with van der Waals surface area (Å²) in [6, 6.07) is 0. The summed E-state index contributed by atoms with van der Waals surface area (Å²) in [4.78, 5) is 14.8. The topological polar surface area (TPSA) is 99.5 Å². The van der Waals surface area contributed by atoms with Gasteiger partial charge in [-0.05, 0) is 52.0 Å². The fraction of sp³-hybridized carbons (Fsp3) is 0.632. The van der Waals surface area contributed by atoms with Crippen LogP contribution in [-0.4, -0.2) is 70.4 Å². The third-order valence-electron chi connectivity index (χ3n) is 4.64. The summed E-state index contributed by atoms with van der Waals surface area (Å²) < 4.78 is 7.61. The van der Waals surface area contributed by atoms with Crippen molar-refractivity contribution in [2.75, 3.05) is 26.0 Å². The molecule has 1 aliphatic rings. The molecular weight excluding hydrogens is 397 g/mol. The minimum atomic E-state index is -1.26. The second-order valence-corrected chi connectivity index (χ2v) is 12.9. The number of hydrogen-bond acceptors (Lipinski definition) is 6. The SMILES string of the molecule is C=P(C)(C)CCC1OC(n2cc(CNCC=C(C)C)c(=O)[nH]c2=S)[C@H](O)[C@@H]1O. The molecule has 158 valence electrons. The Bertz CT molecular complexity index is 869. The first-order chi connectivity index (χ1) is 13.0. The summed E-state index contributed by atoms with van der Waals surface area (Å²) in [5.74, 6) is 0. The molecule has 7 nitrogen and oxygen atoms in total. The lowest BCUT2D eigenvalue weighted by Gasteiger charge is -2.20. The Morgan fingerprint density at radius 3 is 2.71 bits per heavy atom. The molecule has 4 atom stereocenters. The maximum atomic E-state index is 12.2. The molecule has 0 aliphatic carbocycles. The van der Waals surface area contributed by atoms with Crippen LogP contribution in [0.5, 0.6) is 0 Å². The van der Waals surface area contributed by atoms with Crippen LogP contribution in [0, 0.1) is 4.77 Å². The number of rotatable bonds is 8. The van der Waals surface area contributed by atoms with Crippen molar-refractivity contribution in [2.24, 2.45) is 0 Å². The standard InChI is InChI=1S/C19H32N3O4PS/c1-12(2)6-8-20-10-13-11-22(19(28)21-17(13)25)18-16(24)15(23)14(26-18)7-9-27(3,4)5/h6,11,14-16,18,20,23-24H,3,7-10H2,1-2,4-5H3,(H,21,25,28)/t14?,15-,16-,18?/m1/s1. The van der Waals surface area contributed by atoms with Gasteiger partial charge in [-0.25, -0.2) is 0 Å². The van der Waals surface area contributed by atoms with Crippen LogP contribution < -0.4 is 10.9 Å². The van der Waals surface area contributed by atoms with Crippen molar-refractivity contribution in [1.82, 2.24) is 14.9 Å². The van der Waals surface area contributed by atoms with Gasteiger partial charge in [-0.3, -0.25) is 14.3 Å². The smallest absolute Gasteiger partial charge is 0.256 e. The van der Waals surface area contributed by atoms with Gasteiger partial charge in [0, 0.05) is 24.8 Å². The van der Waals surface area contributed by atoms with Gasteiger partial charge >= 0.3 is 0 Å². The minimum absolute atomic E-state index is 0.153. The molecule has 0 radical (unpaired) electrons. The molecule has 0 spiro atoms. The highest BCUT2D eigenvalue weighted by atomic mass is 32.1. The maximum Gasteiger partial charge on any atom is 0.256 e. The van der Waals surface area contributed by atoms with Crippen LogP contribution in [-0.2, 0) is 11.3 Å². The second kappa shape index (κ2) is 9.65. The molecule has 2 rings (SSSR count). The number of H-pyrrole nitrogens is 1. The first-order valence-electron chi connectivity index (χ1n) is 9.37. The maximum absolute atomic E-state index is 12.2. The van der Waals surface area contributed by atoms with E-state index in [9.17, 15) is 15.0 Å². The highest BCUT2D eigenvalue weighted by Gasteiger charge is 2.43. The zero-order valence-corrected chi connectivity index (χ0v) is 18.7. The molecule has 0 bridgehead atoms. The second-order valence-electron chi connectivity index (χ2n) is 8.23. The highest BCUT2D eigenvalue weighted by molar-refractivity contribution is 7.72. The number of allylic oxidation sites excluding steroid dienone is 1. The van der Waals surface area contributed by atoms with Crippen molar-refractivity contribution in [3.05, 3.63) is 38.5 Å². The molecule has 1 aromatic rings. The van der Waals surface area contributed by atoms with E-state index >= 15 is 0 Å². The lowest BCUT2D eigenvalue weighted by molar-refractivity contribution is -0.0392. The van der Waals surface area contributed by atoms with E-state index in [0.29, 0.717) is 25.1 Å². The zero-order chi connectivity index (χ0) is 21.1. The Balaban J connectivity index is 2.18. The minimum Gasteiger partial charge on any atom is -0.388 e. The molecule has 1 aromatic heterocycles. The molecule has 2 heterocycles. The summed E-state index contributed by atoms with van der Waals surface area (Å²) in [5.41, 5.74) is 1.39. The van der Waals surface area contributed by atoms with Crippen LogP contribution >= 0.6 is 19.1 Å². The Labute approximate surface area is 171 Å². The molecule has 4 N–H and O–H groups in total. The van der Waals surface area contributed by atoms with E-state index in [-0.39, 0.29) is 10.3 Å². The fourth-order valence-electron chi connectivity index (χ4n) is 3.00. The average molecular weight is 430 g/mol. The van der Waals surface area contributed by atoms with Crippen molar-refractivity contribution < 1.29 is 14.9 Å². The van der Waals surface area contributed by atoms with E-state index in [1.165, 1.54) is 10.1 Å². The number of nitrogens with zero attached hydrogens (tertiary/aromatic N) is 1. The number of aliphatic hydroxyl groups excluding tert-OH is 2.